The smallest absolute Gasteiger partial charge is 0.0467 e. The summed E-state index contributed by atoms with van der Waals surface area (Å²) in [4.78, 5) is 2.44. The summed E-state index contributed by atoms with van der Waals surface area (Å²) in [5.74, 6) is 1.61. The average molecular weight is 758 g/mol. The van der Waals surface area contributed by atoms with E-state index in [4.69, 9.17) is 0 Å². The number of fused-ring (bicyclic) bond motifs is 11. The highest BCUT2D eigenvalue weighted by Gasteiger charge is 2.56. The Morgan fingerprint density at radius 2 is 0.932 bits per heavy atom. The molecule has 8 aromatic rings. The molecule has 1 spiro atoms. The molecule has 0 radical (unpaired) electrons. The second-order valence-electron chi connectivity index (χ2n) is 18.1. The highest BCUT2D eigenvalue weighted by molar-refractivity contribution is 5.88. The highest BCUT2D eigenvalue weighted by atomic mass is 15.1. The fourth-order valence-electron chi connectivity index (χ4n) is 12.0. The zero-order chi connectivity index (χ0) is 39.3. The van der Waals surface area contributed by atoms with Gasteiger partial charge in [0.2, 0.25) is 0 Å². The molecule has 1 heteroatoms. The van der Waals surface area contributed by atoms with Crippen molar-refractivity contribution < 1.29 is 0 Å². The molecule has 59 heavy (non-hydrogen) atoms. The van der Waals surface area contributed by atoms with Crippen LogP contribution in [0.15, 0.2) is 188 Å². The van der Waals surface area contributed by atoms with Crippen LogP contribution in [0, 0.1) is 11.8 Å². The molecule has 0 saturated heterocycles. The molecule has 0 amide bonds. The molecule has 2 bridgehead atoms. The third kappa shape index (κ3) is 5.23. The second kappa shape index (κ2) is 13.0. The van der Waals surface area contributed by atoms with E-state index in [-0.39, 0.29) is 10.8 Å². The predicted octanol–water partition coefficient (Wildman–Crippen LogP) is 15.6. The fraction of sp³-hybridized carbons (Fsp3) is 0.172. The van der Waals surface area contributed by atoms with Gasteiger partial charge in [0.25, 0.3) is 0 Å². The standard InChI is InChI=1S/C58H47N/c1-57(2)53-20-8-6-18-49(53)51-31-29-48(36-55(51)57)59(46-27-23-40(24-28-46)39-12-4-3-5-13-39)47-17-11-16-43(34-47)41-14-10-15-42(33-41)44-25-30-52-50-19-7-9-21-54(50)58(56(52)35-44)37-38-22-26-45(58)32-38/h3-21,23-25,27-31,33-36,38,45H,22,26,32,37H2,1-2H3. The summed E-state index contributed by atoms with van der Waals surface area (Å²) in [6.07, 6.45) is 5.45. The third-order valence-corrected chi connectivity index (χ3v) is 14.7. The van der Waals surface area contributed by atoms with Crippen molar-refractivity contribution in [3.63, 3.8) is 0 Å². The molecule has 3 unspecified atom stereocenters. The maximum Gasteiger partial charge on any atom is 0.0467 e. The predicted molar refractivity (Wildman–Crippen MR) is 247 cm³/mol. The quantitative estimate of drug-likeness (QED) is 0.163. The van der Waals surface area contributed by atoms with Crippen LogP contribution in [0.25, 0.3) is 55.6 Å². The van der Waals surface area contributed by atoms with E-state index in [1.54, 1.807) is 11.1 Å². The van der Waals surface area contributed by atoms with E-state index in [0.29, 0.717) is 0 Å². The number of rotatable bonds is 6. The van der Waals surface area contributed by atoms with Crippen molar-refractivity contribution >= 4 is 17.1 Å². The zero-order valence-electron chi connectivity index (χ0n) is 33.8. The fourth-order valence-corrected chi connectivity index (χ4v) is 12.0. The molecule has 284 valence electrons. The minimum Gasteiger partial charge on any atom is -0.310 e. The number of benzene rings is 8. The summed E-state index contributed by atoms with van der Waals surface area (Å²) >= 11 is 0. The van der Waals surface area contributed by atoms with E-state index in [0.717, 1.165) is 28.9 Å². The monoisotopic (exact) mass is 757 g/mol. The van der Waals surface area contributed by atoms with Crippen LogP contribution in [0.2, 0.25) is 0 Å². The highest BCUT2D eigenvalue weighted by Crippen LogP contribution is 2.66. The minimum atomic E-state index is -0.0929. The van der Waals surface area contributed by atoms with Gasteiger partial charge in [-0.25, -0.2) is 0 Å². The van der Waals surface area contributed by atoms with Crippen LogP contribution in [-0.2, 0) is 10.8 Å². The van der Waals surface area contributed by atoms with Crippen molar-refractivity contribution in [2.75, 3.05) is 4.90 Å². The Bertz CT molecular complexity index is 2940. The summed E-state index contributed by atoms with van der Waals surface area (Å²) in [6, 6.07) is 70.7. The lowest BCUT2D eigenvalue weighted by molar-refractivity contribution is 0.327. The molecular weight excluding hydrogens is 711 g/mol. The van der Waals surface area contributed by atoms with Gasteiger partial charge in [0.05, 0.1) is 0 Å². The van der Waals surface area contributed by atoms with Gasteiger partial charge in [-0.15, -0.1) is 0 Å². The van der Waals surface area contributed by atoms with E-state index in [2.05, 4.69) is 207 Å². The number of hydrogen-bond acceptors (Lipinski definition) is 1. The van der Waals surface area contributed by atoms with Crippen molar-refractivity contribution in [3.8, 4) is 55.6 Å². The number of anilines is 3. The van der Waals surface area contributed by atoms with E-state index >= 15 is 0 Å². The van der Waals surface area contributed by atoms with Crippen molar-refractivity contribution in [1.82, 2.24) is 0 Å². The first kappa shape index (κ1) is 34.6. The largest absolute Gasteiger partial charge is 0.310 e. The first-order valence-electron chi connectivity index (χ1n) is 21.6. The molecular formula is C58H47N. The van der Waals surface area contributed by atoms with Crippen LogP contribution in [0.3, 0.4) is 0 Å². The Balaban J connectivity index is 0.943. The molecule has 0 N–H and O–H groups in total. The minimum absolute atomic E-state index is 0.0929. The lowest BCUT2D eigenvalue weighted by Crippen LogP contribution is -2.31. The van der Waals surface area contributed by atoms with Gasteiger partial charge in [-0.05, 0) is 158 Å². The van der Waals surface area contributed by atoms with E-state index in [1.165, 1.54) is 92.4 Å². The Kier molecular flexibility index (Phi) is 7.64. The van der Waals surface area contributed by atoms with E-state index < -0.39 is 0 Å². The molecule has 4 aliphatic rings. The van der Waals surface area contributed by atoms with Crippen LogP contribution < -0.4 is 4.90 Å². The number of nitrogens with zero attached hydrogens (tertiary/aromatic N) is 1. The molecule has 2 saturated carbocycles. The SMILES string of the molecule is CC1(C)c2ccccc2-c2ccc(N(c3ccc(-c4ccccc4)cc3)c3cccc(-c4cccc(-c5ccc6c(c5)C5(CC7CCC5C7)c5ccccc5-6)c4)c3)cc21. The first-order chi connectivity index (χ1) is 29.0. The van der Waals surface area contributed by atoms with Gasteiger partial charge in [-0.3, -0.25) is 0 Å². The Labute approximate surface area is 348 Å². The summed E-state index contributed by atoms with van der Waals surface area (Å²) in [6.45, 7) is 4.73. The van der Waals surface area contributed by atoms with Crippen LogP contribution in [0.4, 0.5) is 17.1 Å². The average Bonchev–Trinajstić information content (AvgIpc) is 4.04. The summed E-state index contributed by atoms with van der Waals surface area (Å²) in [7, 11) is 0. The summed E-state index contributed by atoms with van der Waals surface area (Å²) < 4.78 is 0. The van der Waals surface area contributed by atoms with Gasteiger partial charge in [-0.1, -0.05) is 160 Å². The Morgan fingerprint density at radius 1 is 0.390 bits per heavy atom. The van der Waals surface area contributed by atoms with Crippen LogP contribution in [0.1, 0.15) is 61.8 Å². The lowest BCUT2D eigenvalue weighted by Gasteiger charge is -2.36. The first-order valence-corrected chi connectivity index (χ1v) is 21.6. The molecule has 12 rings (SSSR count). The Hall–Kier alpha value is -6.44. The van der Waals surface area contributed by atoms with E-state index in [1.807, 2.05) is 0 Å². The summed E-state index contributed by atoms with van der Waals surface area (Å²) in [5.41, 5.74) is 22.5. The van der Waals surface area contributed by atoms with Gasteiger partial charge < -0.3 is 4.90 Å². The maximum atomic E-state index is 2.57. The molecule has 2 fully saturated rings. The van der Waals surface area contributed by atoms with Crippen LogP contribution >= 0.6 is 0 Å². The van der Waals surface area contributed by atoms with Gasteiger partial charge in [-0.2, -0.15) is 0 Å². The Morgan fingerprint density at radius 3 is 1.68 bits per heavy atom. The number of hydrogen-bond donors (Lipinski definition) is 0. The second-order valence-corrected chi connectivity index (χ2v) is 18.1. The molecule has 3 atom stereocenters. The van der Waals surface area contributed by atoms with Crippen molar-refractivity contribution in [1.29, 1.82) is 0 Å². The molecule has 8 aromatic carbocycles. The van der Waals surface area contributed by atoms with Crippen LogP contribution in [0.5, 0.6) is 0 Å². The van der Waals surface area contributed by atoms with E-state index in [9.17, 15) is 0 Å². The summed E-state index contributed by atoms with van der Waals surface area (Å²) in [5, 5.41) is 0. The zero-order valence-corrected chi connectivity index (χ0v) is 33.8. The van der Waals surface area contributed by atoms with Crippen LogP contribution in [-0.4, -0.2) is 0 Å². The molecule has 0 aliphatic heterocycles. The molecule has 1 nitrogen and oxygen atoms in total. The maximum absolute atomic E-state index is 2.57. The topological polar surface area (TPSA) is 3.24 Å². The molecule has 4 aliphatic carbocycles. The van der Waals surface area contributed by atoms with Crippen molar-refractivity contribution in [2.24, 2.45) is 11.8 Å². The van der Waals surface area contributed by atoms with Gasteiger partial charge >= 0.3 is 0 Å². The van der Waals surface area contributed by atoms with Gasteiger partial charge in [0, 0.05) is 27.9 Å². The van der Waals surface area contributed by atoms with Crippen molar-refractivity contribution in [3.05, 3.63) is 210 Å². The normalized spacial score (nSPS) is 20.0. The molecule has 0 aromatic heterocycles. The third-order valence-electron chi connectivity index (χ3n) is 14.7. The molecule has 0 heterocycles. The van der Waals surface area contributed by atoms with Crippen molar-refractivity contribution in [2.45, 2.75) is 50.4 Å². The van der Waals surface area contributed by atoms with Gasteiger partial charge in [0.1, 0.15) is 0 Å². The lowest BCUT2D eigenvalue weighted by atomic mass is 9.66. The van der Waals surface area contributed by atoms with Gasteiger partial charge in [0.15, 0.2) is 0 Å².